The molecule has 0 fully saturated rings. The molecule has 0 aliphatic rings. The van der Waals surface area contributed by atoms with Crippen molar-refractivity contribution in [1.29, 1.82) is 0 Å². The average Bonchev–Trinajstić information content (AvgIpc) is 3.28. The van der Waals surface area contributed by atoms with E-state index < -0.39 is 11.7 Å². The number of aromatic nitrogens is 1. The van der Waals surface area contributed by atoms with Crippen LogP contribution in [0.3, 0.4) is 0 Å². The van der Waals surface area contributed by atoms with Crippen molar-refractivity contribution in [3.63, 3.8) is 0 Å². The second kappa shape index (κ2) is 15.5. The van der Waals surface area contributed by atoms with Crippen molar-refractivity contribution >= 4 is 28.8 Å². The van der Waals surface area contributed by atoms with Crippen molar-refractivity contribution in [2.24, 2.45) is 0 Å². The maximum Gasteiger partial charge on any atom is 0.407 e. The molecule has 9 heteroatoms. The molecule has 0 unspecified atom stereocenters. The highest BCUT2D eigenvalue weighted by molar-refractivity contribution is 7.98. The maximum absolute atomic E-state index is 11.9. The second-order valence-electron chi connectivity index (χ2n) is 9.67. The van der Waals surface area contributed by atoms with Crippen LogP contribution in [0.15, 0.2) is 48.7 Å². The Labute approximate surface area is 229 Å². The number of thioether (sulfide) groups is 1. The second-order valence-corrected chi connectivity index (χ2v) is 10.8. The zero-order valence-corrected chi connectivity index (χ0v) is 23.7. The zero-order valence-electron chi connectivity index (χ0n) is 22.8. The molecule has 0 aliphatic heterocycles. The lowest BCUT2D eigenvalue weighted by Crippen LogP contribution is -2.33. The molecular formula is C29H40N2O6S. The Morgan fingerprint density at radius 3 is 2.39 bits per heavy atom. The number of hydrogen-bond donors (Lipinski definition) is 2. The standard InChI is InChI=1S/C29H40N2O6S/c1-29(2,3)37-28(32)30-12-11-23-20-31-27-10-9-25(19-26(23)27)36-16-15-34-13-14-35-17-18-38-21-22-5-7-24(33-4)8-6-22/h5-10,19-20,31H,11-18,21H2,1-4H3,(H,30,32). The first-order chi connectivity index (χ1) is 18.3. The van der Waals surface area contributed by atoms with Gasteiger partial charge in [0.1, 0.15) is 23.7 Å². The lowest BCUT2D eigenvalue weighted by molar-refractivity contribution is 0.0413. The number of nitrogens with one attached hydrogen (secondary N) is 2. The van der Waals surface area contributed by atoms with Crippen LogP contribution in [0.25, 0.3) is 10.9 Å². The van der Waals surface area contributed by atoms with E-state index in [1.165, 1.54) is 5.56 Å². The third kappa shape index (κ3) is 10.8. The smallest absolute Gasteiger partial charge is 0.407 e. The molecular weight excluding hydrogens is 504 g/mol. The number of ether oxygens (including phenoxy) is 5. The molecule has 0 saturated carbocycles. The number of amides is 1. The van der Waals surface area contributed by atoms with Crippen molar-refractivity contribution in [2.45, 2.75) is 38.5 Å². The van der Waals surface area contributed by atoms with E-state index in [0.29, 0.717) is 46.0 Å². The molecule has 2 N–H and O–H groups in total. The van der Waals surface area contributed by atoms with E-state index in [9.17, 15) is 4.79 Å². The molecule has 1 aromatic heterocycles. The van der Waals surface area contributed by atoms with Crippen molar-refractivity contribution in [3.05, 3.63) is 59.8 Å². The largest absolute Gasteiger partial charge is 0.497 e. The number of H-pyrrole nitrogens is 1. The molecule has 2 aromatic carbocycles. The highest BCUT2D eigenvalue weighted by Gasteiger charge is 2.15. The van der Waals surface area contributed by atoms with E-state index in [4.69, 9.17) is 23.7 Å². The third-order valence-corrected chi connectivity index (χ3v) is 6.46. The van der Waals surface area contributed by atoms with Crippen LogP contribution in [0.5, 0.6) is 11.5 Å². The van der Waals surface area contributed by atoms with E-state index in [1.807, 2.05) is 69.1 Å². The van der Waals surface area contributed by atoms with E-state index >= 15 is 0 Å². The monoisotopic (exact) mass is 544 g/mol. The molecule has 8 nitrogen and oxygen atoms in total. The zero-order chi connectivity index (χ0) is 27.2. The highest BCUT2D eigenvalue weighted by atomic mass is 32.2. The summed E-state index contributed by atoms with van der Waals surface area (Å²) in [4.78, 5) is 15.1. The molecule has 3 rings (SSSR count). The topological polar surface area (TPSA) is 91.0 Å². The molecule has 0 atom stereocenters. The number of carbonyl (C=O) groups is 1. The van der Waals surface area contributed by atoms with Crippen LogP contribution in [0.4, 0.5) is 4.79 Å². The van der Waals surface area contributed by atoms with Crippen LogP contribution in [-0.4, -0.2) is 69.1 Å². The normalized spacial score (nSPS) is 11.5. The lowest BCUT2D eigenvalue weighted by atomic mass is 10.1. The average molecular weight is 545 g/mol. The Morgan fingerprint density at radius 1 is 0.947 bits per heavy atom. The molecule has 1 heterocycles. The Balaban J connectivity index is 1.24. The van der Waals surface area contributed by atoms with Gasteiger partial charge >= 0.3 is 6.09 Å². The summed E-state index contributed by atoms with van der Waals surface area (Å²) in [5.74, 6) is 3.56. The van der Waals surface area contributed by atoms with Gasteiger partial charge < -0.3 is 34.0 Å². The van der Waals surface area contributed by atoms with E-state index in [1.54, 1.807) is 7.11 Å². The molecule has 208 valence electrons. The number of rotatable bonds is 16. The summed E-state index contributed by atoms with van der Waals surface area (Å²) in [6, 6.07) is 14.1. The van der Waals surface area contributed by atoms with Gasteiger partial charge in [-0.05, 0) is 68.7 Å². The Hall–Kier alpha value is -2.88. The fourth-order valence-electron chi connectivity index (χ4n) is 3.64. The molecule has 0 bridgehead atoms. The first-order valence-corrected chi connectivity index (χ1v) is 14.1. The van der Waals surface area contributed by atoms with Crippen LogP contribution in [0, 0.1) is 0 Å². The Bertz CT molecular complexity index is 1110. The molecule has 0 aliphatic carbocycles. The van der Waals surface area contributed by atoms with Gasteiger partial charge in [0.2, 0.25) is 0 Å². The minimum absolute atomic E-state index is 0.407. The molecule has 0 saturated heterocycles. The van der Waals surface area contributed by atoms with Crippen LogP contribution < -0.4 is 14.8 Å². The molecule has 1 amide bonds. The minimum Gasteiger partial charge on any atom is -0.497 e. The van der Waals surface area contributed by atoms with Crippen molar-refractivity contribution in [3.8, 4) is 11.5 Å². The summed E-state index contributed by atoms with van der Waals surface area (Å²) in [6.45, 7) is 8.80. The van der Waals surface area contributed by atoms with E-state index in [-0.39, 0.29) is 0 Å². The van der Waals surface area contributed by atoms with Crippen LogP contribution >= 0.6 is 11.8 Å². The number of methoxy groups -OCH3 is 1. The predicted molar refractivity (Wildman–Crippen MR) is 153 cm³/mol. The number of fused-ring (bicyclic) bond motifs is 1. The summed E-state index contributed by atoms with van der Waals surface area (Å²) >= 11 is 1.85. The quantitative estimate of drug-likeness (QED) is 0.227. The fourth-order valence-corrected chi connectivity index (χ4v) is 4.45. The van der Waals surface area contributed by atoms with Crippen molar-refractivity contribution < 1.29 is 28.5 Å². The third-order valence-electron chi connectivity index (χ3n) is 5.47. The van der Waals surface area contributed by atoms with Gasteiger partial charge in [-0.15, -0.1) is 0 Å². The summed E-state index contributed by atoms with van der Waals surface area (Å²) in [6.07, 6.45) is 2.24. The predicted octanol–water partition coefficient (Wildman–Crippen LogP) is 5.59. The molecule has 38 heavy (non-hydrogen) atoms. The van der Waals surface area contributed by atoms with Gasteiger partial charge in [0, 0.05) is 35.2 Å². The van der Waals surface area contributed by atoms with Gasteiger partial charge in [-0.1, -0.05) is 12.1 Å². The number of benzene rings is 2. The van der Waals surface area contributed by atoms with Gasteiger partial charge in [-0.25, -0.2) is 4.79 Å². The van der Waals surface area contributed by atoms with Gasteiger partial charge in [0.05, 0.1) is 33.5 Å². The number of aromatic amines is 1. The minimum atomic E-state index is -0.508. The highest BCUT2D eigenvalue weighted by Crippen LogP contribution is 2.24. The van der Waals surface area contributed by atoms with Crippen molar-refractivity contribution in [1.82, 2.24) is 10.3 Å². The van der Waals surface area contributed by atoms with E-state index in [0.717, 1.165) is 39.5 Å². The number of hydrogen-bond acceptors (Lipinski definition) is 7. The van der Waals surface area contributed by atoms with Crippen molar-refractivity contribution in [2.75, 3.05) is 52.4 Å². The van der Waals surface area contributed by atoms with Crippen LogP contribution in [0.1, 0.15) is 31.9 Å². The summed E-state index contributed by atoms with van der Waals surface area (Å²) < 4.78 is 27.6. The van der Waals surface area contributed by atoms with Crippen LogP contribution in [0.2, 0.25) is 0 Å². The molecule has 0 radical (unpaired) electrons. The first-order valence-electron chi connectivity index (χ1n) is 12.9. The summed E-state index contributed by atoms with van der Waals surface area (Å²) in [7, 11) is 1.68. The van der Waals surface area contributed by atoms with Gasteiger partial charge in [0.15, 0.2) is 0 Å². The fraction of sp³-hybridized carbons (Fsp3) is 0.483. The summed E-state index contributed by atoms with van der Waals surface area (Å²) in [5, 5.41) is 3.88. The number of alkyl carbamates (subject to hydrolysis) is 1. The van der Waals surface area contributed by atoms with E-state index in [2.05, 4.69) is 22.4 Å². The number of carbonyl (C=O) groups excluding carboxylic acids is 1. The molecule has 0 spiro atoms. The lowest BCUT2D eigenvalue weighted by Gasteiger charge is -2.19. The van der Waals surface area contributed by atoms with Gasteiger partial charge in [-0.2, -0.15) is 11.8 Å². The summed E-state index contributed by atoms with van der Waals surface area (Å²) in [5.41, 5.74) is 2.91. The Morgan fingerprint density at radius 2 is 1.66 bits per heavy atom. The first kappa shape index (κ1) is 29.7. The Kier molecular flexibility index (Phi) is 12.1. The maximum atomic E-state index is 11.9. The van der Waals surface area contributed by atoms with Gasteiger partial charge in [-0.3, -0.25) is 0 Å². The van der Waals surface area contributed by atoms with Gasteiger partial charge in [0.25, 0.3) is 0 Å². The van der Waals surface area contributed by atoms with Crippen LogP contribution in [-0.2, 0) is 26.4 Å². The SMILES string of the molecule is COc1ccc(CSCCOCCOCCOc2ccc3[nH]cc(CCNC(=O)OC(C)(C)C)c3c2)cc1. The molecule has 3 aromatic rings.